The lowest BCUT2D eigenvalue weighted by atomic mass is 10.1. The fraction of sp³-hybridized carbons (Fsp3) is 0.188. The first kappa shape index (κ1) is 15.9. The second-order valence-corrected chi connectivity index (χ2v) is 5.88. The summed E-state index contributed by atoms with van der Waals surface area (Å²) in [5.41, 5.74) is 3.55. The maximum Gasteiger partial charge on any atom is 0.337 e. The van der Waals surface area contributed by atoms with E-state index in [1.165, 1.54) is 7.11 Å². The van der Waals surface area contributed by atoms with Crippen LogP contribution in [0.4, 0.5) is 5.69 Å². The van der Waals surface area contributed by atoms with Gasteiger partial charge in [0.15, 0.2) is 0 Å². The molecule has 2 aromatic rings. The van der Waals surface area contributed by atoms with Gasteiger partial charge in [-0.2, -0.15) is 0 Å². The van der Waals surface area contributed by atoms with Crippen molar-refractivity contribution in [2.24, 2.45) is 0 Å². The van der Waals surface area contributed by atoms with Crippen LogP contribution in [0.3, 0.4) is 0 Å². The number of halogens is 2. The van der Waals surface area contributed by atoms with Crippen LogP contribution in [-0.2, 0) is 11.3 Å². The van der Waals surface area contributed by atoms with E-state index < -0.39 is 0 Å². The number of methoxy groups -OCH3 is 1. The molecule has 0 amide bonds. The standard InChI is InChI=1S/C16H15BrClNO2/c1-10-3-5-12(16(20)21-2)8-15(10)19-9-11-4-6-13(17)14(18)7-11/h3-8,19H,9H2,1-2H3. The molecule has 0 unspecified atom stereocenters. The Labute approximate surface area is 137 Å². The molecule has 1 N–H and O–H groups in total. The Bertz CT molecular complexity index is 673. The molecule has 2 rings (SSSR count). The quantitative estimate of drug-likeness (QED) is 0.787. The van der Waals surface area contributed by atoms with Gasteiger partial charge in [-0.15, -0.1) is 0 Å². The number of ether oxygens (including phenoxy) is 1. The molecule has 0 aliphatic carbocycles. The lowest BCUT2D eigenvalue weighted by molar-refractivity contribution is 0.0601. The van der Waals surface area contributed by atoms with Gasteiger partial charge in [-0.1, -0.05) is 23.7 Å². The first-order valence-electron chi connectivity index (χ1n) is 6.38. The van der Waals surface area contributed by atoms with E-state index in [1.54, 1.807) is 12.1 Å². The summed E-state index contributed by atoms with van der Waals surface area (Å²) in [6.07, 6.45) is 0. The highest BCUT2D eigenvalue weighted by Gasteiger charge is 2.08. The van der Waals surface area contributed by atoms with E-state index in [9.17, 15) is 4.79 Å². The molecule has 0 saturated carbocycles. The number of benzene rings is 2. The Balaban J connectivity index is 2.15. The number of nitrogens with one attached hydrogen (secondary N) is 1. The second-order valence-electron chi connectivity index (χ2n) is 4.62. The van der Waals surface area contributed by atoms with E-state index in [1.807, 2.05) is 31.2 Å². The smallest absolute Gasteiger partial charge is 0.337 e. The molecule has 0 saturated heterocycles. The van der Waals surface area contributed by atoms with Crippen molar-refractivity contribution in [1.82, 2.24) is 0 Å². The van der Waals surface area contributed by atoms with Crippen molar-refractivity contribution in [2.45, 2.75) is 13.5 Å². The van der Waals surface area contributed by atoms with Crippen molar-refractivity contribution in [1.29, 1.82) is 0 Å². The molecule has 110 valence electrons. The Morgan fingerprint density at radius 3 is 2.71 bits per heavy atom. The number of hydrogen-bond donors (Lipinski definition) is 1. The van der Waals surface area contributed by atoms with Crippen LogP contribution < -0.4 is 5.32 Å². The average Bonchev–Trinajstić information content (AvgIpc) is 2.49. The molecule has 2 aromatic carbocycles. The third-order valence-corrected chi connectivity index (χ3v) is 4.36. The minimum absolute atomic E-state index is 0.343. The van der Waals surface area contributed by atoms with Crippen molar-refractivity contribution >= 4 is 39.2 Å². The van der Waals surface area contributed by atoms with Gasteiger partial charge in [-0.3, -0.25) is 0 Å². The number of esters is 1. The monoisotopic (exact) mass is 367 g/mol. The number of aryl methyl sites for hydroxylation is 1. The van der Waals surface area contributed by atoms with Crippen molar-refractivity contribution in [3.05, 3.63) is 62.6 Å². The van der Waals surface area contributed by atoms with Crippen LogP contribution in [0.25, 0.3) is 0 Å². The zero-order chi connectivity index (χ0) is 15.4. The molecular weight excluding hydrogens is 354 g/mol. The summed E-state index contributed by atoms with van der Waals surface area (Å²) in [5.74, 6) is -0.343. The maximum absolute atomic E-state index is 11.6. The minimum Gasteiger partial charge on any atom is -0.465 e. The number of anilines is 1. The normalized spacial score (nSPS) is 10.3. The third-order valence-electron chi connectivity index (χ3n) is 3.13. The topological polar surface area (TPSA) is 38.3 Å². The van der Waals surface area contributed by atoms with Crippen molar-refractivity contribution in [3.63, 3.8) is 0 Å². The van der Waals surface area contributed by atoms with Gasteiger partial charge in [-0.05, 0) is 58.2 Å². The number of hydrogen-bond acceptors (Lipinski definition) is 3. The molecule has 0 heterocycles. The Morgan fingerprint density at radius 2 is 2.05 bits per heavy atom. The predicted octanol–water partition coefficient (Wildman–Crippen LogP) is 4.81. The zero-order valence-corrected chi connectivity index (χ0v) is 14.1. The van der Waals surface area contributed by atoms with Gasteiger partial charge in [-0.25, -0.2) is 4.79 Å². The number of carbonyl (C=O) groups excluding carboxylic acids is 1. The SMILES string of the molecule is COC(=O)c1ccc(C)c(NCc2ccc(Br)c(Cl)c2)c1. The molecule has 0 aliphatic rings. The highest BCUT2D eigenvalue weighted by atomic mass is 79.9. The van der Waals surface area contributed by atoms with Crippen LogP contribution in [0, 0.1) is 6.92 Å². The van der Waals surface area contributed by atoms with Gasteiger partial charge in [0.05, 0.1) is 17.7 Å². The highest BCUT2D eigenvalue weighted by molar-refractivity contribution is 9.10. The minimum atomic E-state index is -0.343. The lowest BCUT2D eigenvalue weighted by Gasteiger charge is -2.11. The Kier molecular flexibility index (Phi) is 5.26. The van der Waals surface area contributed by atoms with Crippen LogP contribution >= 0.6 is 27.5 Å². The molecule has 0 spiro atoms. The Hall–Kier alpha value is -1.52. The van der Waals surface area contributed by atoms with Crippen LogP contribution in [-0.4, -0.2) is 13.1 Å². The summed E-state index contributed by atoms with van der Waals surface area (Å²) < 4.78 is 5.61. The van der Waals surface area contributed by atoms with Gasteiger partial charge in [0, 0.05) is 16.7 Å². The molecule has 0 atom stereocenters. The van der Waals surface area contributed by atoms with Crippen molar-refractivity contribution in [2.75, 3.05) is 12.4 Å². The van der Waals surface area contributed by atoms with E-state index >= 15 is 0 Å². The van der Waals surface area contributed by atoms with Crippen molar-refractivity contribution in [3.8, 4) is 0 Å². The first-order chi connectivity index (χ1) is 10.0. The van der Waals surface area contributed by atoms with Gasteiger partial charge in [0.1, 0.15) is 0 Å². The van der Waals surface area contributed by atoms with E-state index in [4.69, 9.17) is 16.3 Å². The fourth-order valence-electron chi connectivity index (χ4n) is 1.90. The van der Waals surface area contributed by atoms with Gasteiger partial charge in [0.2, 0.25) is 0 Å². The second kappa shape index (κ2) is 6.96. The van der Waals surface area contributed by atoms with Crippen molar-refractivity contribution < 1.29 is 9.53 Å². The summed E-state index contributed by atoms with van der Waals surface area (Å²) in [5, 5.41) is 3.99. The number of carbonyl (C=O) groups is 1. The lowest BCUT2D eigenvalue weighted by Crippen LogP contribution is -2.05. The predicted molar refractivity (Wildman–Crippen MR) is 89.0 cm³/mol. The molecule has 3 nitrogen and oxygen atoms in total. The first-order valence-corrected chi connectivity index (χ1v) is 7.55. The zero-order valence-electron chi connectivity index (χ0n) is 11.7. The highest BCUT2D eigenvalue weighted by Crippen LogP contribution is 2.24. The summed E-state index contributed by atoms with van der Waals surface area (Å²) in [4.78, 5) is 11.6. The molecule has 0 aliphatic heterocycles. The fourth-order valence-corrected chi connectivity index (χ4v) is 2.35. The molecule has 0 radical (unpaired) electrons. The average molecular weight is 369 g/mol. The van der Waals surface area contributed by atoms with E-state index in [0.29, 0.717) is 17.1 Å². The van der Waals surface area contributed by atoms with E-state index in [2.05, 4.69) is 21.2 Å². The molecule has 5 heteroatoms. The largest absolute Gasteiger partial charge is 0.465 e. The van der Waals surface area contributed by atoms with Crippen LogP contribution in [0.5, 0.6) is 0 Å². The maximum atomic E-state index is 11.6. The summed E-state index contributed by atoms with van der Waals surface area (Å²) in [6.45, 7) is 2.61. The summed E-state index contributed by atoms with van der Waals surface area (Å²) in [7, 11) is 1.37. The van der Waals surface area contributed by atoms with E-state index in [0.717, 1.165) is 21.3 Å². The molecule has 0 bridgehead atoms. The molecular formula is C16H15BrClNO2. The van der Waals surface area contributed by atoms with Crippen LogP contribution in [0.1, 0.15) is 21.5 Å². The van der Waals surface area contributed by atoms with Crippen LogP contribution in [0.15, 0.2) is 40.9 Å². The molecule has 0 aromatic heterocycles. The summed E-state index contributed by atoms with van der Waals surface area (Å²) >= 11 is 9.44. The third kappa shape index (κ3) is 3.99. The molecule has 0 fully saturated rings. The Morgan fingerprint density at radius 1 is 1.29 bits per heavy atom. The number of rotatable bonds is 4. The van der Waals surface area contributed by atoms with E-state index in [-0.39, 0.29) is 5.97 Å². The van der Waals surface area contributed by atoms with Gasteiger partial charge < -0.3 is 10.1 Å². The van der Waals surface area contributed by atoms with Crippen LogP contribution in [0.2, 0.25) is 5.02 Å². The molecule has 21 heavy (non-hydrogen) atoms. The summed E-state index contributed by atoms with van der Waals surface area (Å²) in [6, 6.07) is 11.2. The van der Waals surface area contributed by atoms with Gasteiger partial charge >= 0.3 is 5.97 Å². The van der Waals surface area contributed by atoms with Gasteiger partial charge in [0.25, 0.3) is 0 Å².